The number of aryl methyl sites for hydroxylation is 1. The van der Waals surface area contributed by atoms with Gasteiger partial charge in [0.2, 0.25) is 0 Å². The van der Waals surface area contributed by atoms with Crippen molar-refractivity contribution in [2.45, 2.75) is 103 Å². The van der Waals surface area contributed by atoms with Crippen LogP contribution in [0.1, 0.15) is 88.8 Å². The average molecular weight is 625 g/mol. The van der Waals surface area contributed by atoms with Gasteiger partial charge in [-0.2, -0.15) is 0 Å². The Kier molecular flexibility index (Phi) is 9.65. The number of esters is 1. The van der Waals surface area contributed by atoms with E-state index in [1.807, 2.05) is 26.8 Å². The van der Waals surface area contributed by atoms with Crippen LogP contribution in [0.5, 0.6) is 11.5 Å². The molecule has 2 fully saturated rings. The third-order valence-electron chi connectivity index (χ3n) is 10.5. The molecule has 4 aliphatic rings. The minimum absolute atomic E-state index is 0.203. The highest BCUT2D eigenvalue weighted by Crippen LogP contribution is 2.41. The van der Waals surface area contributed by atoms with E-state index < -0.39 is 5.41 Å². The van der Waals surface area contributed by atoms with Crippen molar-refractivity contribution in [2.75, 3.05) is 32.1 Å². The highest BCUT2D eigenvalue weighted by Gasteiger charge is 2.39. The molecular weight excluding hydrogens is 572 g/mol. The molecule has 2 aromatic rings. The molecule has 2 saturated heterocycles. The van der Waals surface area contributed by atoms with Crippen LogP contribution < -0.4 is 14.4 Å². The summed E-state index contributed by atoms with van der Waals surface area (Å²) in [5.41, 5.74) is 6.01. The molecule has 6 heteroatoms. The van der Waals surface area contributed by atoms with Crippen LogP contribution in [0, 0.1) is 5.41 Å². The summed E-state index contributed by atoms with van der Waals surface area (Å²) in [4.78, 5) is 17.5. The van der Waals surface area contributed by atoms with Crippen LogP contribution >= 0.6 is 0 Å². The zero-order chi connectivity index (χ0) is 32.4. The van der Waals surface area contributed by atoms with Gasteiger partial charge in [-0.3, -0.25) is 4.79 Å². The van der Waals surface area contributed by atoms with Crippen LogP contribution in [0.4, 0.5) is 5.69 Å². The lowest BCUT2D eigenvalue weighted by atomic mass is 9.79. The van der Waals surface area contributed by atoms with Crippen LogP contribution in [0.25, 0.3) is 0 Å². The van der Waals surface area contributed by atoms with Crippen LogP contribution in [-0.2, 0) is 22.4 Å². The van der Waals surface area contributed by atoms with Gasteiger partial charge in [0.05, 0.1) is 12.5 Å². The molecule has 2 bridgehead atoms. The molecule has 6 nitrogen and oxygen atoms in total. The van der Waals surface area contributed by atoms with Gasteiger partial charge in [-0.15, -0.1) is 0 Å². The summed E-state index contributed by atoms with van der Waals surface area (Å²) in [7, 11) is 4.03. The molecule has 2 heterocycles. The molecule has 0 radical (unpaired) electrons. The molecule has 0 saturated carbocycles. The number of likely N-dealkylation sites (N-methyl/N-ethyl adjacent to an activating group) is 1. The van der Waals surface area contributed by atoms with E-state index in [2.05, 4.69) is 78.4 Å². The Morgan fingerprint density at radius 2 is 1.72 bits per heavy atom. The van der Waals surface area contributed by atoms with Gasteiger partial charge in [0.15, 0.2) is 0 Å². The minimum atomic E-state index is -0.529. The molecule has 3 atom stereocenters. The Morgan fingerprint density at radius 3 is 2.43 bits per heavy atom. The normalized spacial score (nSPS) is 24.4. The monoisotopic (exact) mass is 624 g/mol. The number of fused-ring (bicyclic) bond motifs is 3. The van der Waals surface area contributed by atoms with E-state index >= 15 is 0 Å². The third-order valence-corrected chi connectivity index (χ3v) is 10.5. The zero-order valence-corrected chi connectivity index (χ0v) is 28.7. The average Bonchev–Trinajstić information content (AvgIpc) is 3.20. The number of piperidine rings is 1. The quantitative estimate of drug-likeness (QED) is 0.207. The number of hydrogen-bond donors (Lipinski definition) is 0. The number of carbonyl (C=O) groups excluding carboxylic acids is 1. The summed E-state index contributed by atoms with van der Waals surface area (Å²) < 4.78 is 18.0. The molecule has 2 aliphatic heterocycles. The molecule has 2 aromatic carbocycles. The van der Waals surface area contributed by atoms with Crippen molar-refractivity contribution in [1.29, 1.82) is 0 Å². The standard InChI is InChI=1S/C40H52N2O4/c1-7-42(26-27-9-8-10-33(17-11-27)45-36-23-31-15-16-32(24-36)41(31)5)38-25-34(44-6)19-20-37(38)30-13-12-29-22-35(18-14-28(29)21-30)46-39(43)40(2,3)4/h9-11,14,17-20,22,25,30-32,36H,7-8,12-13,15-16,21,23-24,26H2,1-6H3. The van der Waals surface area contributed by atoms with Crippen molar-refractivity contribution in [3.05, 3.63) is 88.7 Å². The first-order valence-electron chi connectivity index (χ1n) is 17.3. The maximum atomic E-state index is 12.5. The van der Waals surface area contributed by atoms with Crippen LogP contribution in [-0.4, -0.2) is 56.3 Å². The topological polar surface area (TPSA) is 51.2 Å². The van der Waals surface area contributed by atoms with Gasteiger partial charge in [0.25, 0.3) is 0 Å². The molecule has 2 aliphatic carbocycles. The highest BCUT2D eigenvalue weighted by molar-refractivity contribution is 5.78. The number of rotatable bonds is 9. The number of methoxy groups -OCH3 is 1. The Bertz CT molecular complexity index is 1500. The van der Waals surface area contributed by atoms with Crippen molar-refractivity contribution < 1.29 is 19.0 Å². The van der Waals surface area contributed by atoms with Gasteiger partial charge in [0.1, 0.15) is 23.4 Å². The summed E-state index contributed by atoms with van der Waals surface area (Å²) in [5, 5.41) is 0. The van der Waals surface area contributed by atoms with Crippen LogP contribution in [0.2, 0.25) is 0 Å². The van der Waals surface area contributed by atoms with E-state index in [4.69, 9.17) is 14.2 Å². The second kappa shape index (κ2) is 13.7. The number of carbonyl (C=O) groups is 1. The maximum Gasteiger partial charge on any atom is 0.316 e. The predicted molar refractivity (Wildman–Crippen MR) is 186 cm³/mol. The number of hydrogen-bond acceptors (Lipinski definition) is 6. The SMILES string of the molecule is CCN(CC1=CCC=C(OC2CC3CCC(C2)N3C)C=C1)c1cc(OC)ccc1C1CCc2cc(OC(=O)C(C)(C)C)ccc2C1. The van der Waals surface area contributed by atoms with E-state index in [0.29, 0.717) is 29.9 Å². The predicted octanol–water partition coefficient (Wildman–Crippen LogP) is 8.16. The van der Waals surface area contributed by atoms with E-state index in [9.17, 15) is 4.79 Å². The summed E-state index contributed by atoms with van der Waals surface area (Å²) in [6, 6.07) is 14.1. The lowest BCUT2D eigenvalue weighted by molar-refractivity contribution is -0.143. The van der Waals surface area contributed by atoms with Crippen molar-refractivity contribution in [3.63, 3.8) is 0 Å². The number of ether oxygens (including phenoxy) is 3. The third kappa shape index (κ3) is 7.22. The molecule has 0 spiro atoms. The largest absolute Gasteiger partial charge is 0.497 e. The first kappa shape index (κ1) is 32.4. The van der Waals surface area contributed by atoms with Gasteiger partial charge in [-0.1, -0.05) is 24.3 Å². The maximum absolute atomic E-state index is 12.5. The Morgan fingerprint density at radius 1 is 0.957 bits per heavy atom. The first-order chi connectivity index (χ1) is 22.1. The van der Waals surface area contributed by atoms with Gasteiger partial charge < -0.3 is 24.0 Å². The number of anilines is 1. The van der Waals surface area contributed by atoms with Gasteiger partial charge in [-0.05, 0) is 145 Å². The Hall–Kier alpha value is -3.51. The van der Waals surface area contributed by atoms with Crippen LogP contribution in [0.15, 0.2) is 72.0 Å². The fourth-order valence-electron chi connectivity index (χ4n) is 7.68. The van der Waals surface area contributed by atoms with E-state index in [0.717, 1.165) is 63.1 Å². The molecule has 0 amide bonds. The number of allylic oxidation sites excluding steroid dienone is 3. The van der Waals surface area contributed by atoms with Gasteiger partial charge in [0, 0.05) is 36.9 Å². The zero-order valence-electron chi connectivity index (χ0n) is 28.7. The molecule has 3 unspecified atom stereocenters. The van der Waals surface area contributed by atoms with E-state index in [1.54, 1.807) is 7.11 Å². The van der Waals surface area contributed by atoms with E-state index in [-0.39, 0.29) is 5.97 Å². The van der Waals surface area contributed by atoms with Crippen LogP contribution in [0.3, 0.4) is 0 Å². The first-order valence-corrected chi connectivity index (χ1v) is 17.3. The van der Waals surface area contributed by atoms with Crippen molar-refractivity contribution in [2.24, 2.45) is 5.41 Å². The lowest BCUT2D eigenvalue weighted by Gasteiger charge is -2.36. The van der Waals surface area contributed by atoms with Gasteiger partial charge >= 0.3 is 5.97 Å². The van der Waals surface area contributed by atoms with Crippen molar-refractivity contribution in [3.8, 4) is 11.5 Å². The second-order valence-corrected chi connectivity index (χ2v) is 14.7. The molecule has 0 N–H and O–H groups in total. The van der Waals surface area contributed by atoms with Crippen molar-refractivity contribution in [1.82, 2.24) is 4.90 Å². The highest BCUT2D eigenvalue weighted by atomic mass is 16.5. The summed E-state index contributed by atoms with van der Waals surface area (Å²) in [6.07, 6.45) is 18.1. The summed E-state index contributed by atoms with van der Waals surface area (Å²) in [5.74, 6) is 2.74. The number of benzene rings is 2. The molecular formula is C40H52N2O4. The van der Waals surface area contributed by atoms with Gasteiger partial charge in [-0.25, -0.2) is 0 Å². The lowest BCUT2D eigenvalue weighted by Crippen LogP contribution is -2.42. The fraction of sp³-hybridized carbons (Fsp3) is 0.525. The minimum Gasteiger partial charge on any atom is -0.497 e. The van der Waals surface area contributed by atoms with E-state index in [1.165, 1.54) is 40.8 Å². The second-order valence-electron chi connectivity index (χ2n) is 14.7. The summed E-state index contributed by atoms with van der Waals surface area (Å²) in [6.45, 7) is 9.62. The number of nitrogens with zero attached hydrogens (tertiary/aromatic N) is 2. The molecule has 46 heavy (non-hydrogen) atoms. The Labute approximate surface area is 276 Å². The molecule has 0 aromatic heterocycles. The Balaban J connectivity index is 1.14. The molecule has 6 rings (SSSR count). The molecule has 246 valence electrons. The fourth-order valence-corrected chi connectivity index (χ4v) is 7.68. The summed E-state index contributed by atoms with van der Waals surface area (Å²) >= 11 is 0. The smallest absolute Gasteiger partial charge is 0.316 e. The van der Waals surface area contributed by atoms with Crippen molar-refractivity contribution >= 4 is 11.7 Å².